The smallest absolute Gasteiger partial charge is 0.243 e. The Morgan fingerprint density at radius 3 is 2.18 bits per heavy atom. The minimum atomic E-state index is -0.629. The molecule has 4 heteroatoms. The average molecular weight is 304 g/mol. The van der Waals surface area contributed by atoms with Crippen LogP contribution in [0.1, 0.15) is 46.5 Å². The Morgan fingerprint density at radius 2 is 1.77 bits per heavy atom. The molecule has 4 nitrogen and oxygen atoms in total. The van der Waals surface area contributed by atoms with Gasteiger partial charge in [-0.05, 0) is 61.3 Å². The summed E-state index contributed by atoms with van der Waals surface area (Å²) in [6, 6.07) is 7.63. The molecule has 0 aliphatic heterocycles. The summed E-state index contributed by atoms with van der Waals surface area (Å²) in [6.07, 6.45) is 3.62. The van der Waals surface area contributed by atoms with Crippen LogP contribution in [-0.2, 0) is 4.79 Å². The summed E-state index contributed by atoms with van der Waals surface area (Å²) in [5.41, 5.74) is 6.30. The van der Waals surface area contributed by atoms with Crippen LogP contribution in [0, 0.1) is 11.3 Å². The lowest BCUT2D eigenvalue weighted by molar-refractivity contribution is -0.123. The van der Waals surface area contributed by atoms with Gasteiger partial charge in [0, 0.05) is 5.69 Å². The number of rotatable bonds is 4. The van der Waals surface area contributed by atoms with Gasteiger partial charge >= 0.3 is 0 Å². The molecule has 2 rings (SSSR count). The molecule has 122 valence electrons. The van der Waals surface area contributed by atoms with E-state index in [1.165, 1.54) is 0 Å². The van der Waals surface area contributed by atoms with Crippen LogP contribution >= 0.6 is 0 Å². The van der Waals surface area contributed by atoms with Gasteiger partial charge in [-0.2, -0.15) is 0 Å². The predicted molar refractivity (Wildman–Crippen MR) is 90.0 cm³/mol. The topological polar surface area (TPSA) is 64.3 Å². The maximum absolute atomic E-state index is 12.1. The number of amides is 1. The van der Waals surface area contributed by atoms with Crippen molar-refractivity contribution in [3.05, 3.63) is 24.3 Å². The molecule has 22 heavy (non-hydrogen) atoms. The van der Waals surface area contributed by atoms with Gasteiger partial charge in [0.2, 0.25) is 5.91 Å². The summed E-state index contributed by atoms with van der Waals surface area (Å²) >= 11 is 0. The lowest BCUT2D eigenvalue weighted by Crippen LogP contribution is -2.53. The summed E-state index contributed by atoms with van der Waals surface area (Å²) < 4.78 is 5.16. The van der Waals surface area contributed by atoms with Gasteiger partial charge < -0.3 is 15.8 Å². The number of carbonyl (C=O) groups excluding carboxylic acids is 1. The molecule has 1 fully saturated rings. The molecule has 0 radical (unpaired) electrons. The van der Waals surface area contributed by atoms with Gasteiger partial charge in [0.1, 0.15) is 11.3 Å². The molecule has 3 N–H and O–H groups in total. The van der Waals surface area contributed by atoms with Gasteiger partial charge in [-0.15, -0.1) is 0 Å². The number of nitrogens with one attached hydrogen (secondary N) is 1. The van der Waals surface area contributed by atoms with E-state index in [1.54, 1.807) is 7.11 Å². The number of ether oxygens (including phenoxy) is 1. The Kier molecular flexibility index (Phi) is 4.69. The third-order valence-corrected chi connectivity index (χ3v) is 5.01. The molecule has 1 aliphatic carbocycles. The van der Waals surface area contributed by atoms with E-state index in [0.29, 0.717) is 5.92 Å². The highest BCUT2D eigenvalue weighted by Crippen LogP contribution is 2.42. The largest absolute Gasteiger partial charge is 0.497 e. The molecule has 0 heterocycles. The Labute approximate surface area is 133 Å². The standard InChI is InChI=1S/C18H28N2O2/c1-17(2,3)13-9-11-18(12-10-13,16(19)21)20-14-5-7-15(22-4)8-6-14/h5-8,13,20H,9-12H2,1-4H3,(H2,19,21). The Balaban J connectivity index is 2.12. The number of anilines is 1. The van der Waals surface area contributed by atoms with Crippen molar-refractivity contribution in [2.24, 2.45) is 17.1 Å². The SMILES string of the molecule is COc1ccc(NC2(C(N)=O)CCC(C(C)(C)C)CC2)cc1. The molecule has 0 bridgehead atoms. The average Bonchev–Trinajstić information content (AvgIpc) is 2.47. The second-order valence-electron chi connectivity index (χ2n) is 7.44. The summed E-state index contributed by atoms with van der Waals surface area (Å²) in [7, 11) is 1.64. The quantitative estimate of drug-likeness (QED) is 0.894. The second-order valence-corrected chi connectivity index (χ2v) is 7.44. The van der Waals surface area contributed by atoms with Crippen molar-refractivity contribution >= 4 is 11.6 Å². The van der Waals surface area contributed by atoms with E-state index in [1.807, 2.05) is 24.3 Å². The molecule has 1 amide bonds. The monoisotopic (exact) mass is 304 g/mol. The highest BCUT2D eigenvalue weighted by molar-refractivity contribution is 5.88. The number of hydrogen-bond donors (Lipinski definition) is 2. The number of carbonyl (C=O) groups is 1. The molecule has 0 saturated heterocycles. The minimum Gasteiger partial charge on any atom is -0.497 e. The highest BCUT2D eigenvalue weighted by atomic mass is 16.5. The first-order chi connectivity index (χ1) is 10.3. The predicted octanol–water partition coefficient (Wildman–Crippen LogP) is 3.57. The van der Waals surface area contributed by atoms with Gasteiger partial charge in [0.25, 0.3) is 0 Å². The van der Waals surface area contributed by atoms with Crippen molar-refractivity contribution in [3.8, 4) is 5.75 Å². The van der Waals surface area contributed by atoms with Crippen LogP contribution in [0.5, 0.6) is 5.75 Å². The van der Waals surface area contributed by atoms with Crippen molar-refractivity contribution in [1.82, 2.24) is 0 Å². The maximum atomic E-state index is 12.1. The molecule has 1 aliphatic rings. The molecule has 1 aromatic carbocycles. The zero-order chi connectivity index (χ0) is 16.4. The first-order valence-corrected chi connectivity index (χ1v) is 7.99. The van der Waals surface area contributed by atoms with Crippen molar-refractivity contribution in [2.45, 2.75) is 52.0 Å². The van der Waals surface area contributed by atoms with Crippen LogP contribution in [0.15, 0.2) is 24.3 Å². The summed E-state index contributed by atoms with van der Waals surface area (Å²) in [5, 5.41) is 3.39. The molecule has 0 atom stereocenters. The highest BCUT2D eigenvalue weighted by Gasteiger charge is 2.42. The van der Waals surface area contributed by atoms with E-state index in [-0.39, 0.29) is 11.3 Å². The van der Waals surface area contributed by atoms with E-state index in [9.17, 15) is 4.79 Å². The molecular formula is C18H28N2O2. The summed E-state index contributed by atoms with van der Waals surface area (Å²) in [6.45, 7) is 6.81. The lowest BCUT2D eigenvalue weighted by Gasteiger charge is -2.43. The van der Waals surface area contributed by atoms with Gasteiger partial charge in [-0.1, -0.05) is 20.8 Å². The number of primary amides is 1. The van der Waals surface area contributed by atoms with E-state index >= 15 is 0 Å². The van der Waals surface area contributed by atoms with Crippen molar-refractivity contribution in [2.75, 3.05) is 12.4 Å². The third-order valence-electron chi connectivity index (χ3n) is 5.01. The van der Waals surface area contributed by atoms with E-state index in [4.69, 9.17) is 10.5 Å². The number of benzene rings is 1. The van der Waals surface area contributed by atoms with E-state index < -0.39 is 5.54 Å². The number of methoxy groups -OCH3 is 1. The fourth-order valence-corrected chi connectivity index (χ4v) is 3.36. The normalized spacial score (nSPS) is 25.5. The van der Waals surface area contributed by atoms with E-state index in [2.05, 4.69) is 26.1 Å². The lowest BCUT2D eigenvalue weighted by atomic mass is 9.67. The fraction of sp³-hybridized carbons (Fsp3) is 0.611. The van der Waals surface area contributed by atoms with Crippen LogP contribution in [-0.4, -0.2) is 18.6 Å². The Hall–Kier alpha value is -1.71. The summed E-state index contributed by atoms with van der Waals surface area (Å²) in [5.74, 6) is 1.18. The second kappa shape index (κ2) is 6.19. The zero-order valence-corrected chi connectivity index (χ0v) is 14.1. The van der Waals surface area contributed by atoms with Crippen LogP contribution in [0.2, 0.25) is 0 Å². The first-order valence-electron chi connectivity index (χ1n) is 7.99. The molecular weight excluding hydrogens is 276 g/mol. The van der Waals surface area contributed by atoms with E-state index in [0.717, 1.165) is 37.1 Å². The van der Waals surface area contributed by atoms with Crippen LogP contribution in [0.4, 0.5) is 5.69 Å². The molecule has 0 aromatic heterocycles. The molecule has 0 unspecified atom stereocenters. The van der Waals surface area contributed by atoms with Crippen molar-refractivity contribution < 1.29 is 9.53 Å². The number of nitrogens with two attached hydrogens (primary N) is 1. The van der Waals surface area contributed by atoms with Gasteiger partial charge in [0.05, 0.1) is 7.11 Å². The zero-order valence-electron chi connectivity index (χ0n) is 14.1. The fourth-order valence-electron chi connectivity index (χ4n) is 3.36. The number of hydrogen-bond acceptors (Lipinski definition) is 3. The Bertz CT molecular complexity index is 509. The van der Waals surface area contributed by atoms with Gasteiger partial charge in [0.15, 0.2) is 0 Å². The van der Waals surface area contributed by atoms with Gasteiger partial charge in [-0.25, -0.2) is 0 Å². The van der Waals surface area contributed by atoms with Crippen LogP contribution < -0.4 is 15.8 Å². The van der Waals surface area contributed by atoms with Crippen molar-refractivity contribution in [3.63, 3.8) is 0 Å². The van der Waals surface area contributed by atoms with Gasteiger partial charge in [-0.3, -0.25) is 4.79 Å². The van der Waals surface area contributed by atoms with Crippen LogP contribution in [0.25, 0.3) is 0 Å². The van der Waals surface area contributed by atoms with Crippen molar-refractivity contribution in [1.29, 1.82) is 0 Å². The van der Waals surface area contributed by atoms with Crippen LogP contribution in [0.3, 0.4) is 0 Å². The summed E-state index contributed by atoms with van der Waals surface area (Å²) in [4.78, 5) is 12.1. The molecule has 1 saturated carbocycles. The third kappa shape index (κ3) is 3.54. The maximum Gasteiger partial charge on any atom is 0.243 e. The molecule has 1 aromatic rings. The molecule has 0 spiro atoms. The Morgan fingerprint density at radius 1 is 1.23 bits per heavy atom. The first kappa shape index (κ1) is 16.7. The minimum absolute atomic E-state index is 0.254.